The summed E-state index contributed by atoms with van der Waals surface area (Å²) in [5.41, 5.74) is 3.42. The second-order valence-electron chi connectivity index (χ2n) is 8.01. The number of anilines is 1. The molecule has 1 atom stereocenters. The van der Waals surface area contributed by atoms with Gasteiger partial charge in [0, 0.05) is 51.1 Å². The summed E-state index contributed by atoms with van der Waals surface area (Å²) < 4.78 is 5.50. The normalized spacial score (nSPS) is 15.8. The lowest BCUT2D eigenvalue weighted by Crippen LogP contribution is -2.51. The lowest BCUT2D eigenvalue weighted by Gasteiger charge is -2.41. The lowest BCUT2D eigenvalue weighted by atomic mass is 10.0. The molecule has 2 aromatic carbocycles. The number of carbonyl (C=O) groups excluding carboxylic acids is 2. The van der Waals surface area contributed by atoms with E-state index in [4.69, 9.17) is 4.74 Å². The van der Waals surface area contributed by atoms with Crippen molar-refractivity contribution in [3.63, 3.8) is 0 Å². The van der Waals surface area contributed by atoms with E-state index in [1.807, 2.05) is 59.5 Å². The number of aromatic nitrogens is 1. The van der Waals surface area contributed by atoms with Crippen LogP contribution < -0.4 is 10.1 Å². The third-order valence-corrected chi connectivity index (χ3v) is 5.95. The third kappa shape index (κ3) is 5.14. The summed E-state index contributed by atoms with van der Waals surface area (Å²) in [7, 11) is 1.61. The summed E-state index contributed by atoms with van der Waals surface area (Å²) in [6, 6.07) is 19.0. The van der Waals surface area contributed by atoms with Crippen LogP contribution in [0, 0.1) is 0 Å². The molecule has 2 heterocycles. The van der Waals surface area contributed by atoms with E-state index in [9.17, 15) is 9.59 Å². The highest BCUT2D eigenvalue weighted by Gasteiger charge is 2.33. The Kier molecular flexibility index (Phi) is 6.88. The minimum atomic E-state index is -0.202. The van der Waals surface area contributed by atoms with E-state index in [2.05, 4.69) is 10.3 Å². The van der Waals surface area contributed by atoms with Gasteiger partial charge in [-0.1, -0.05) is 30.3 Å². The molecular weight excluding hydrogens is 416 g/mol. The Morgan fingerprint density at radius 1 is 1.06 bits per heavy atom. The Labute approximate surface area is 194 Å². The molecule has 1 unspecified atom stereocenters. The molecule has 7 heteroatoms. The number of carbonyl (C=O) groups is 2. The third-order valence-electron chi connectivity index (χ3n) is 5.95. The number of piperazine rings is 1. The number of benzene rings is 2. The molecular formula is C26H28N4O3. The van der Waals surface area contributed by atoms with Gasteiger partial charge in [0.15, 0.2) is 0 Å². The number of ether oxygens (including phenoxy) is 1. The van der Waals surface area contributed by atoms with Crippen molar-refractivity contribution in [3.05, 3.63) is 89.7 Å². The number of nitrogens with zero attached hydrogens (tertiary/aromatic N) is 3. The van der Waals surface area contributed by atoms with Crippen molar-refractivity contribution in [2.45, 2.75) is 19.5 Å². The van der Waals surface area contributed by atoms with Crippen molar-refractivity contribution in [2.75, 3.05) is 32.1 Å². The molecule has 7 nitrogen and oxygen atoms in total. The molecule has 170 valence electrons. The summed E-state index contributed by atoms with van der Waals surface area (Å²) in [6.45, 7) is 3.64. The molecule has 0 aliphatic carbocycles. The minimum Gasteiger partial charge on any atom is -0.495 e. The predicted octanol–water partition coefficient (Wildman–Crippen LogP) is 3.75. The quantitative estimate of drug-likeness (QED) is 0.627. The van der Waals surface area contributed by atoms with Gasteiger partial charge in [-0.2, -0.15) is 0 Å². The SMILES string of the molecule is COc1ccc(C(=O)N2CCN(C(C)=O)CC2c2ccccc2)cc1NCc1ccncc1. The van der Waals surface area contributed by atoms with Gasteiger partial charge in [0.1, 0.15) is 5.75 Å². The van der Waals surface area contributed by atoms with E-state index < -0.39 is 0 Å². The molecule has 1 aliphatic heterocycles. The highest BCUT2D eigenvalue weighted by molar-refractivity contribution is 5.96. The van der Waals surface area contributed by atoms with Crippen molar-refractivity contribution in [3.8, 4) is 5.75 Å². The second kappa shape index (κ2) is 10.2. The lowest BCUT2D eigenvalue weighted by molar-refractivity contribution is -0.131. The van der Waals surface area contributed by atoms with Gasteiger partial charge in [0.05, 0.1) is 18.8 Å². The summed E-state index contributed by atoms with van der Waals surface area (Å²) >= 11 is 0. The summed E-state index contributed by atoms with van der Waals surface area (Å²) in [6.07, 6.45) is 3.50. The van der Waals surface area contributed by atoms with E-state index in [0.717, 1.165) is 16.8 Å². The zero-order valence-electron chi connectivity index (χ0n) is 18.9. The Balaban J connectivity index is 1.59. The molecule has 1 aromatic heterocycles. The van der Waals surface area contributed by atoms with Gasteiger partial charge in [-0.05, 0) is 41.5 Å². The number of amides is 2. The van der Waals surface area contributed by atoms with E-state index in [-0.39, 0.29) is 17.9 Å². The molecule has 4 rings (SSSR count). The Morgan fingerprint density at radius 2 is 1.82 bits per heavy atom. The first-order valence-corrected chi connectivity index (χ1v) is 11.0. The molecule has 2 amide bonds. The van der Waals surface area contributed by atoms with Gasteiger partial charge in [-0.15, -0.1) is 0 Å². The maximum Gasteiger partial charge on any atom is 0.254 e. The van der Waals surface area contributed by atoms with Crippen LogP contribution in [-0.2, 0) is 11.3 Å². The molecule has 0 radical (unpaired) electrons. The van der Waals surface area contributed by atoms with E-state index in [1.165, 1.54) is 0 Å². The Hall–Kier alpha value is -3.87. The predicted molar refractivity (Wildman–Crippen MR) is 127 cm³/mol. The fraction of sp³-hybridized carbons (Fsp3) is 0.269. The zero-order valence-corrected chi connectivity index (χ0v) is 18.9. The monoisotopic (exact) mass is 444 g/mol. The topological polar surface area (TPSA) is 74.8 Å². The minimum absolute atomic E-state index is 0.0232. The zero-order chi connectivity index (χ0) is 23.2. The number of rotatable bonds is 6. The summed E-state index contributed by atoms with van der Waals surface area (Å²) in [5, 5.41) is 3.37. The average molecular weight is 445 g/mol. The molecule has 1 aliphatic rings. The van der Waals surface area contributed by atoms with Crippen LogP contribution in [-0.4, -0.2) is 53.3 Å². The van der Waals surface area contributed by atoms with Gasteiger partial charge < -0.3 is 19.9 Å². The van der Waals surface area contributed by atoms with E-state index in [0.29, 0.717) is 37.5 Å². The molecule has 0 spiro atoms. The van der Waals surface area contributed by atoms with Crippen molar-refractivity contribution in [2.24, 2.45) is 0 Å². The fourth-order valence-corrected chi connectivity index (χ4v) is 4.12. The van der Waals surface area contributed by atoms with Gasteiger partial charge in [0.2, 0.25) is 5.91 Å². The molecule has 1 fully saturated rings. The molecule has 1 N–H and O–H groups in total. The van der Waals surface area contributed by atoms with Crippen LogP contribution in [0.4, 0.5) is 5.69 Å². The smallest absolute Gasteiger partial charge is 0.254 e. The van der Waals surface area contributed by atoms with Gasteiger partial charge >= 0.3 is 0 Å². The number of pyridine rings is 1. The second-order valence-corrected chi connectivity index (χ2v) is 8.01. The number of hydrogen-bond acceptors (Lipinski definition) is 5. The Bertz CT molecular complexity index is 1110. The van der Waals surface area contributed by atoms with Crippen LogP contribution in [0.5, 0.6) is 5.75 Å². The molecule has 3 aromatic rings. The maximum atomic E-state index is 13.6. The molecule has 0 saturated carbocycles. The van der Waals surface area contributed by atoms with Crippen LogP contribution in [0.2, 0.25) is 0 Å². The van der Waals surface area contributed by atoms with Crippen LogP contribution >= 0.6 is 0 Å². The van der Waals surface area contributed by atoms with Crippen LogP contribution in [0.3, 0.4) is 0 Å². The standard InChI is InChI=1S/C26H28N4O3/c1-19(31)29-14-15-30(24(18-29)21-6-4-3-5-7-21)26(32)22-8-9-25(33-2)23(16-22)28-17-20-10-12-27-13-11-20/h3-13,16,24,28H,14-15,17-18H2,1-2H3. The number of nitrogens with one attached hydrogen (secondary N) is 1. The van der Waals surface area contributed by atoms with E-state index in [1.54, 1.807) is 37.4 Å². The van der Waals surface area contributed by atoms with Crippen LogP contribution in [0.15, 0.2) is 73.1 Å². The van der Waals surface area contributed by atoms with Gasteiger partial charge in [-0.25, -0.2) is 0 Å². The average Bonchev–Trinajstić information content (AvgIpc) is 2.87. The first-order chi connectivity index (χ1) is 16.1. The van der Waals surface area contributed by atoms with Crippen molar-refractivity contribution in [1.29, 1.82) is 0 Å². The van der Waals surface area contributed by atoms with E-state index >= 15 is 0 Å². The van der Waals surface area contributed by atoms with Gasteiger partial charge in [-0.3, -0.25) is 14.6 Å². The molecule has 0 bridgehead atoms. The molecule has 1 saturated heterocycles. The molecule has 33 heavy (non-hydrogen) atoms. The number of hydrogen-bond donors (Lipinski definition) is 1. The largest absolute Gasteiger partial charge is 0.495 e. The van der Waals surface area contributed by atoms with Gasteiger partial charge in [0.25, 0.3) is 5.91 Å². The highest BCUT2D eigenvalue weighted by Crippen LogP contribution is 2.30. The first-order valence-electron chi connectivity index (χ1n) is 11.0. The van der Waals surface area contributed by atoms with Crippen molar-refractivity contribution < 1.29 is 14.3 Å². The summed E-state index contributed by atoms with van der Waals surface area (Å²) in [4.78, 5) is 33.4. The van der Waals surface area contributed by atoms with Crippen LogP contribution in [0.1, 0.15) is 34.5 Å². The van der Waals surface area contributed by atoms with Crippen molar-refractivity contribution in [1.82, 2.24) is 14.8 Å². The Morgan fingerprint density at radius 3 is 2.52 bits per heavy atom. The number of methoxy groups -OCH3 is 1. The fourth-order valence-electron chi connectivity index (χ4n) is 4.12. The van der Waals surface area contributed by atoms with Crippen LogP contribution in [0.25, 0.3) is 0 Å². The van der Waals surface area contributed by atoms with Crippen molar-refractivity contribution >= 4 is 17.5 Å². The summed E-state index contributed by atoms with van der Waals surface area (Å²) in [5.74, 6) is 0.623. The maximum absolute atomic E-state index is 13.6. The highest BCUT2D eigenvalue weighted by atomic mass is 16.5. The first kappa shape index (κ1) is 22.3.